The summed E-state index contributed by atoms with van der Waals surface area (Å²) in [7, 11) is 0. The zero-order valence-corrected chi connectivity index (χ0v) is 8.23. The highest BCUT2D eigenvalue weighted by Gasteiger charge is 2.02. The Labute approximate surface area is 82.4 Å². The number of hydrogen-bond acceptors (Lipinski definition) is 3. The predicted molar refractivity (Wildman–Crippen MR) is 51.6 cm³/mol. The number of hydrogen-bond donors (Lipinski definition) is 0. The third-order valence-electron chi connectivity index (χ3n) is 1.69. The predicted octanol–water partition coefficient (Wildman–Crippen LogP) is 1.10. The number of pyridine rings is 1. The Morgan fingerprint density at radius 3 is 2.93 bits per heavy atom. The molecule has 1 heterocycles. The summed E-state index contributed by atoms with van der Waals surface area (Å²) in [6.07, 6.45) is 1.67. The molecule has 1 aromatic rings. The fourth-order valence-electron chi connectivity index (χ4n) is 0.953. The first kappa shape index (κ1) is 10.5. The van der Waals surface area contributed by atoms with E-state index in [0.717, 1.165) is 0 Å². The van der Waals surface area contributed by atoms with Crippen molar-refractivity contribution < 1.29 is 4.74 Å². The summed E-state index contributed by atoms with van der Waals surface area (Å²) in [5.41, 5.74) is -0.171. The van der Waals surface area contributed by atoms with Crippen LogP contribution in [0, 0.1) is 11.3 Å². The minimum Gasteiger partial charge on any atom is -0.358 e. The average Bonchev–Trinajstić information content (AvgIpc) is 2.16. The minimum absolute atomic E-state index is 0.0626. The van der Waals surface area contributed by atoms with E-state index >= 15 is 0 Å². The van der Waals surface area contributed by atoms with Gasteiger partial charge in [-0.2, -0.15) is 5.26 Å². The van der Waals surface area contributed by atoms with Crippen molar-refractivity contribution in [3.8, 4) is 6.07 Å². The van der Waals surface area contributed by atoms with E-state index in [4.69, 9.17) is 10.00 Å². The van der Waals surface area contributed by atoms with Gasteiger partial charge in [0.1, 0.15) is 18.4 Å². The standard InChI is InChI=1S/C10H12N2O2/c1-8(2)14-7-12-5-3-4-9(6-11)10(12)13/h3-5,8H,7H2,1-2H3. The van der Waals surface area contributed by atoms with Crippen molar-refractivity contribution in [3.63, 3.8) is 0 Å². The molecule has 0 aliphatic rings. The summed E-state index contributed by atoms with van der Waals surface area (Å²) in [5, 5.41) is 8.62. The van der Waals surface area contributed by atoms with E-state index < -0.39 is 0 Å². The van der Waals surface area contributed by atoms with Crippen LogP contribution in [0.4, 0.5) is 0 Å². The van der Waals surface area contributed by atoms with Gasteiger partial charge in [-0.15, -0.1) is 0 Å². The smallest absolute Gasteiger partial charge is 0.270 e. The maximum Gasteiger partial charge on any atom is 0.270 e. The molecule has 1 aromatic heterocycles. The van der Waals surface area contributed by atoms with Crippen molar-refractivity contribution in [1.82, 2.24) is 4.57 Å². The van der Waals surface area contributed by atoms with E-state index in [1.165, 1.54) is 10.6 Å². The summed E-state index contributed by atoms with van der Waals surface area (Å²) < 4.78 is 6.64. The summed E-state index contributed by atoms with van der Waals surface area (Å²) in [6, 6.07) is 4.99. The first-order chi connectivity index (χ1) is 6.65. The van der Waals surface area contributed by atoms with E-state index in [-0.39, 0.29) is 24.0 Å². The lowest BCUT2D eigenvalue weighted by Crippen LogP contribution is -2.24. The van der Waals surface area contributed by atoms with Crippen LogP contribution in [0.15, 0.2) is 23.1 Å². The maximum atomic E-state index is 11.5. The second kappa shape index (κ2) is 4.58. The lowest BCUT2D eigenvalue weighted by molar-refractivity contribution is 0.0268. The van der Waals surface area contributed by atoms with Crippen LogP contribution in [0.1, 0.15) is 19.4 Å². The molecular formula is C10H12N2O2. The van der Waals surface area contributed by atoms with E-state index in [2.05, 4.69) is 0 Å². The van der Waals surface area contributed by atoms with Crippen LogP contribution in [-0.2, 0) is 11.5 Å². The molecule has 0 saturated carbocycles. The van der Waals surface area contributed by atoms with Crippen LogP contribution < -0.4 is 5.56 Å². The summed E-state index contributed by atoms with van der Waals surface area (Å²) in [6.45, 7) is 3.96. The average molecular weight is 192 g/mol. The lowest BCUT2D eigenvalue weighted by Gasteiger charge is -2.09. The number of ether oxygens (including phenoxy) is 1. The number of nitriles is 1. The monoisotopic (exact) mass is 192 g/mol. The Morgan fingerprint density at radius 2 is 2.36 bits per heavy atom. The molecule has 0 aliphatic carbocycles. The first-order valence-electron chi connectivity index (χ1n) is 4.36. The van der Waals surface area contributed by atoms with Gasteiger partial charge in [-0.25, -0.2) is 0 Å². The molecule has 0 atom stereocenters. The number of nitrogens with zero attached hydrogens (tertiary/aromatic N) is 2. The third-order valence-corrected chi connectivity index (χ3v) is 1.69. The van der Waals surface area contributed by atoms with Gasteiger partial charge in [-0.1, -0.05) is 0 Å². The topological polar surface area (TPSA) is 55.0 Å². The lowest BCUT2D eigenvalue weighted by atomic mass is 10.3. The van der Waals surface area contributed by atoms with Gasteiger partial charge in [0, 0.05) is 6.20 Å². The Bertz CT molecular complexity index is 401. The number of aromatic nitrogens is 1. The SMILES string of the molecule is CC(C)OCn1cccc(C#N)c1=O. The molecule has 0 aromatic carbocycles. The molecule has 4 heteroatoms. The molecule has 0 radical (unpaired) electrons. The fraction of sp³-hybridized carbons (Fsp3) is 0.400. The Balaban J connectivity index is 2.89. The molecule has 0 spiro atoms. The Morgan fingerprint density at radius 1 is 1.64 bits per heavy atom. The van der Waals surface area contributed by atoms with Crippen molar-refractivity contribution in [2.75, 3.05) is 0 Å². The fourth-order valence-corrected chi connectivity index (χ4v) is 0.953. The van der Waals surface area contributed by atoms with E-state index in [0.29, 0.717) is 0 Å². The van der Waals surface area contributed by atoms with Gasteiger partial charge in [0.15, 0.2) is 0 Å². The zero-order valence-electron chi connectivity index (χ0n) is 8.23. The van der Waals surface area contributed by atoms with Crippen LogP contribution in [0.2, 0.25) is 0 Å². The summed E-state index contributed by atoms with van der Waals surface area (Å²) in [4.78, 5) is 11.5. The molecular weight excluding hydrogens is 180 g/mol. The van der Waals surface area contributed by atoms with Crippen LogP contribution in [-0.4, -0.2) is 10.7 Å². The van der Waals surface area contributed by atoms with Crippen molar-refractivity contribution in [2.45, 2.75) is 26.7 Å². The van der Waals surface area contributed by atoms with Crippen molar-refractivity contribution in [2.24, 2.45) is 0 Å². The van der Waals surface area contributed by atoms with Crippen LogP contribution >= 0.6 is 0 Å². The van der Waals surface area contributed by atoms with Crippen LogP contribution in [0.3, 0.4) is 0 Å². The van der Waals surface area contributed by atoms with Crippen molar-refractivity contribution in [3.05, 3.63) is 34.2 Å². The molecule has 0 aliphatic heterocycles. The molecule has 0 amide bonds. The molecule has 0 N–H and O–H groups in total. The van der Waals surface area contributed by atoms with Gasteiger partial charge in [0.25, 0.3) is 5.56 Å². The highest BCUT2D eigenvalue weighted by atomic mass is 16.5. The van der Waals surface area contributed by atoms with Gasteiger partial charge >= 0.3 is 0 Å². The van der Waals surface area contributed by atoms with Crippen LogP contribution in [0.25, 0.3) is 0 Å². The van der Waals surface area contributed by atoms with Gasteiger partial charge in [-0.3, -0.25) is 9.36 Å². The largest absolute Gasteiger partial charge is 0.358 e. The van der Waals surface area contributed by atoms with Gasteiger partial charge in [0.05, 0.1) is 6.10 Å². The minimum atomic E-state index is -0.310. The quantitative estimate of drug-likeness (QED) is 0.720. The van der Waals surface area contributed by atoms with Crippen molar-refractivity contribution >= 4 is 0 Å². The highest BCUT2D eigenvalue weighted by Crippen LogP contribution is 1.93. The van der Waals surface area contributed by atoms with Gasteiger partial charge < -0.3 is 4.74 Å². The van der Waals surface area contributed by atoms with E-state index in [9.17, 15) is 4.79 Å². The molecule has 0 bridgehead atoms. The second-order valence-electron chi connectivity index (χ2n) is 3.15. The van der Waals surface area contributed by atoms with Gasteiger partial charge in [0.2, 0.25) is 0 Å². The third kappa shape index (κ3) is 2.44. The molecule has 0 unspecified atom stereocenters. The molecule has 1 rings (SSSR count). The van der Waals surface area contributed by atoms with Crippen molar-refractivity contribution in [1.29, 1.82) is 5.26 Å². The second-order valence-corrected chi connectivity index (χ2v) is 3.15. The number of rotatable bonds is 3. The molecule has 4 nitrogen and oxygen atoms in total. The summed E-state index contributed by atoms with van der Waals surface area (Å²) >= 11 is 0. The first-order valence-corrected chi connectivity index (χ1v) is 4.36. The Hall–Kier alpha value is -1.60. The normalized spacial score (nSPS) is 10.1. The zero-order chi connectivity index (χ0) is 10.6. The molecule has 0 fully saturated rings. The molecule has 14 heavy (non-hydrogen) atoms. The Kier molecular flexibility index (Phi) is 3.43. The molecule has 74 valence electrons. The van der Waals surface area contributed by atoms with E-state index in [1.807, 2.05) is 19.9 Å². The molecule has 0 saturated heterocycles. The van der Waals surface area contributed by atoms with E-state index in [1.54, 1.807) is 12.3 Å². The van der Waals surface area contributed by atoms with Gasteiger partial charge in [-0.05, 0) is 26.0 Å². The van der Waals surface area contributed by atoms with Crippen LogP contribution in [0.5, 0.6) is 0 Å². The summed E-state index contributed by atoms with van der Waals surface area (Å²) in [5.74, 6) is 0. The highest BCUT2D eigenvalue weighted by molar-refractivity contribution is 5.24. The maximum absolute atomic E-state index is 11.5.